The Labute approximate surface area is 208 Å². The molecule has 1 saturated heterocycles. The molecule has 2 fully saturated rings. The van der Waals surface area contributed by atoms with Gasteiger partial charge >= 0.3 is 0 Å². The molecule has 1 aliphatic heterocycles. The number of Topliss-reactive ketones (excluding diaryl/α,β-unsaturated/α-hetero) is 1. The van der Waals surface area contributed by atoms with Crippen LogP contribution in [0.25, 0.3) is 10.9 Å². The molecule has 1 unspecified atom stereocenters. The minimum Gasteiger partial charge on any atom is -0.374 e. The Hall–Kier alpha value is -2.84. The number of allylic oxidation sites excluding steroid dienone is 4. The highest BCUT2D eigenvalue weighted by Crippen LogP contribution is 2.48. The van der Waals surface area contributed by atoms with Crippen LogP contribution in [0.3, 0.4) is 0 Å². The molecule has 2 aromatic rings. The molecule has 0 amide bonds. The summed E-state index contributed by atoms with van der Waals surface area (Å²) in [5, 5.41) is 14.1. The molecule has 6 rings (SSSR count). The molecule has 0 spiro atoms. The van der Waals surface area contributed by atoms with Crippen molar-refractivity contribution in [2.75, 3.05) is 13.1 Å². The van der Waals surface area contributed by atoms with E-state index < -0.39 is 0 Å². The van der Waals surface area contributed by atoms with Crippen molar-refractivity contribution in [3.05, 3.63) is 57.9 Å². The zero-order valence-electron chi connectivity index (χ0n) is 21.2. The number of aromatic nitrogens is 1. The SMILES string of the molecule is CCC1CCC2=C(C=C1N1CCC(NC3CC3)CC1)C(C)(C)c1[nH]c3cc(C#N)ccc3c1C2=O. The molecule has 1 aromatic carbocycles. The van der Waals surface area contributed by atoms with Gasteiger partial charge in [-0.25, -0.2) is 0 Å². The smallest absolute Gasteiger partial charge is 0.191 e. The maximum atomic E-state index is 14.0. The van der Waals surface area contributed by atoms with Crippen molar-refractivity contribution < 1.29 is 4.79 Å². The monoisotopic (exact) mass is 468 g/mol. The van der Waals surface area contributed by atoms with Gasteiger partial charge in [0.15, 0.2) is 5.78 Å². The predicted octanol–water partition coefficient (Wildman–Crippen LogP) is 5.73. The van der Waals surface area contributed by atoms with Crippen LogP contribution < -0.4 is 5.32 Å². The molecule has 1 aromatic heterocycles. The number of carbonyl (C=O) groups is 1. The maximum Gasteiger partial charge on any atom is 0.191 e. The van der Waals surface area contributed by atoms with Crippen LogP contribution in [-0.2, 0) is 5.41 Å². The van der Waals surface area contributed by atoms with Crippen molar-refractivity contribution in [1.82, 2.24) is 15.2 Å². The molecule has 0 radical (unpaired) electrons. The highest BCUT2D eigenvalue weighted by Gasteiger charge is 2.42. The molecule has 182 valence electrons. The molecular weight excluding hydrogens is 432 g/mol. The van der Waals surface area contributed by atoms with Gasteiger partial charge in [0, 0.05) is 58.5 Å². The van der Waals surface area contributed by atoms with Gasteiger partial charge in [-0.1, -0.05) is 26.8 Å². The third-order valence-electron chi connectivity index (χ3n) is 8.91. The summed E-state index contributed by atoms with van der Waals surface area (Å²) in [4.78, 5) is 20.1. The molecule has 0 bridgehead atoms. The van der Waals surface area contributed by atoms with E-state index in [0.29, 0.717) is 17.5 Å². The van der Waals surface area contributed by atoms with Crippen LogP contribution in [0.5, 0.6) is 0 Å². The van der Waals surface area contributed by atoms with Gasteiger partial charge in [-0.15, -0.1) is 0 Å². The fourth-order valence-corrected chi connectivity index (χ4v) is 6.66. The lowest BCUT2D eigenvalue weighted by molar-refractivity contribution is 0.102. The normalized spacial score (nSPS) is 24.6. The van der Waals surface area contributed by atoms with Gasteiger partial charge in [-0.2, -0.15) is 5.26 Å². The van der Waals surface area contributed by atoms with Crippen molar-refractivity contribution in [1.29, 1.82) is 5.26 Å². The first-order valence-electron chi connectivity index (χ1n) is 13.5. The molecular formula is C30H36N4O. The lowest BCUT2D eigenvalue weighted by atomic mass is 9.70. The van der Waals surface area contributed by atoms with Crippen LogP contribution in [0.2, 0.25) is 0 Å². The van der Waals surface area contributed by atoms with Crippen LogP contribution in [0, 0.1) is 17.2 Å². The molecule has 3 aliphatic carbocycles. The Kier molecular flexibility index (Phi) is 5.41. The average Bonchev–Trinajstić information content (AvgIpc) is 3.62. The van der Waals surface area contributed by atoms with Gasteiger partial charge in [0.2, 0.25) is 0 Å². The van der Waals surface area contributed by atoms with E-state index in [2.05, 4.69) is 48.1 Å². The lowest BCUT2D eigenvalue weighted by Crippen LogP contribution is -2.43. The number of carbonyl (C=O) groups excluding carboxylic acids is 1. The van der Waals surface area contributed by atoms with Crippen LogP contribution in [0.15, 0.2) is 41.1 Å². The minimum atomic E-state index is -0.301. The number of piperidine rings is 1. The number of rotatable bonds is 4. The summed E-state index contributed by atoms with van der Waals surface area (Å²) >= 11 is 0. The number of nitrogens with zero attached hydrogens (tertiary/aromatic N) is 2. The molecule has 2 heterocycles. The Morgan fingerprint density at radius 1 is 1.14 bits per heavy atom. The summed E-state index contributed by atoms with van der Waals surface area (Å²) in [5.41, 5.74) is 6.61. The number of fused-ring (bicyclic) bond motifs is 3. The Bertz CT molecular complexity index is 1290. The van der Waals surface area contributed by atoms with Crippen molar-refractivity contribution in [2.45, 2.75) is 83.2 Å². The Balaban J connectivity index is 1.38. The fourth-order valence-electron chi connectivity index (χ4n) is 6.66. The summed E-state index contributed by atoms with van der Waals surface area (Å²) in [5.74, 6) is 0.662. The van der Waals surface area contributed by atoms with Crippen LogP contribution in [0.4, 0.5) is 0 Å². The number of ketones is 1. The van der Waals surface area contributed by atoms with Gasteiger partial charge in [-0.3, -0.25) is 4.79 Å². The Morgan fingerprint density at radius 3 is 2.57 bits per heavy atom. The van der Waals surface area contributed by atoms with Crippen LogP contribution in [-0.4, -0.2) is 40.8 Å². The quantitative estimate of drug-likeness (QED) is 0.601. The second-order valence-electron chi connectivity index (χ2n) is 11.5. The molecule has 35 heavy (non-hydrogen) atoms. The number of aromatic amines is 1. The number of H-pyrrole nitrogens is 1. The number of benzene rings is 1. The van der Waals surface area contributed by atoms with Gasteiger partial charge in [0.25, 0.3) is 0 Å². The molecule has 4 aliphatic rings. The van der Waals surface area contributed by atoms with Crippen molar-refractivity contribution in [3.63, 3.8) is 0 Å². The number of nitriles is 1. The van der Waals surface area contributed by atoms with Crippen molar-refractivity contribution >= 4 is 16.7 Å². The van der Waals surface area contributed by atoms with Gasteiger partial charge in [0.1, 0.15) is 0 Å². The first-order valence-corrected chi connectivity index (χ1v) is 13.5. The first-order chi connectivity index (χ1) is 16.9. The number of hydrogen-bond donors (Lipinski definition) is 2. The van der Waals surface area contributed by atoms with Gasteiger partial charge < -0.3 is 15.2 Å². The van der Waals surface area contributed by atoms with Crippen LogP contribution >= 0.6 is 0 Å². The third kappa shape index (κ3) is 3.74. The zero-order valence-corrected chi connectivity index (χ0v) is 21.2. The third-order valence-corrected chi connectivity index (χ3v) is 8.91. The zero-order chi connectivity index (χ0) is 24.3. The van der Waals surface area contributed by atoms with E-state index in [9.17, 15) is 10.1 Å². The largest absolute Gasteiger partial charge is 0.374 e. The van der Waals surface area contributed by atoms with Crippen LogP contribution in [0.1, 0.15) is 87.3 Å². The standard InChI is InChI=1S/C30H36N4O/c1-4-19-6-10-22-24(16-26(19)34-13-11-21(12-14-34)32-20-7-8-20)30(2,3)29-27(28(22)35)23-9-5-18(17-31)15-25(23)33-29/h5,9,15-16,19-21,32-33H,4,6-8,10-14H2,1-3H3. The summed E-state index contributed by atoms with van der Waals surface area (Å²) in [6.07, 6.45) is 10.5. The van der Waals surface area contributed by atoms with E-state index in [1.165, 1.54) is 37.0 Å². The van der Waals surface area contributed by atoms with E-state index >= 15 is 0 Å². The highest BCUT2D eigenvalue weighted by atomic mass is 16.1. The summed E-state index contributed by atoms with van der Waals surface area (Å²) in [6, 6.07) is 9.28. The number of nitrogens with one attached hydrogen (secondary N) is 2. The van der Waals surface area contributed by atoms with E-state index in [-0.39, 0.29) is 11.2 Å². The van der Waals surface area contributed by atoms with Gasteiger partial charge in [-0.05, 0) is 74.6 Å². The minimum absolute atomic E-state index is 0.171. The lowest BCUT2D eigenvalue weighted by Gasteiger charge is -2.39. The van der Waals surface area contributed by atoms with E-state index in [4.69, 9.17) is 0 Å². The fraction of sp³-hybridized carbons (Fsp3) is 0.533. The summed E-state index contributed by atoms with van der Waals surface area (Å²) in [7, 11) is 0. The molecule has 5 nitrogen and oxygen atoms in total. The second-order valence-corrected chi connectivity index (χ2v) is 11.5. The summed E-state index contributed by atoms with van der Waals surface area (Å²) in [6.45, 7) is 8.98. The Morgan fingerprint density at radius 2 is 1.89 bits per heavy atom. The highest BCUT2D eigenvalue weighted by molar-refractivity contribution is 6.19. The topological polar surface area (TPSA) is 71.9 Å². The maximum absolute atomic E-state index is 14.0. The molecule has 1 saturated carbocycles. The van der Waals surface area contributed by atoms with E-state index in [1.807, 2.05) is 18.2 Å². The number of hydrogen-bond acceptors (Lipinski definition) is 4. The van der Waals surface area contributed by atoms with E-state index in [0.717, 1.165) is 66.1 Å². The predicted molar refractivity (Wildman–Crippen MR) is 139 cm³/mol. The van der Waals surface area contributed by atoms with Crippen molar-refractivity contribution in [2.24, 2.45) is 5.92 Å². The van der Waals surface area contributed by atoms with Crippen molar-refractivity contribution in [3.8, 4) is 6.07 Å². The molecule has 5 heteroatoms. The van der Waals surface area contributed by atoms with E-state index in [1.54, 1.807) is 0 Å². The second kappa shape index (κ2) is 8.38. The van der Waals surface area contributed by atoms with Gasteiger partial charge in [0.05, 0.1) is 17.2 Å². The molecule has 1 atom stereocenters. The summed E-state index contributed by atoms with van der Waals surface area (Å²) < 4.78 is 0. The number of likely N-dealkylation sites (tertiary alicyclic amines) is 1. The average molecular weight is 469 g/mol. The molecule has 2 N–H and O–H groups in total. The first kappa shape index (κ1) is 22.6.